The first-order chi connectivity index (χ1) is 16.3. The molecule has 1 N–H and O–H groups in total. The number of carbonyl (C=O) groups excluding carboxylic acids is 2. The molecule has 1 heterocycles. The molecule has 0 saturated carbocycles. The summed E-state index contributed by atoms with van der Waals surface area (Å²) in [5.74, 6) is -1.19. The predicted molar refractivity (Wildman–Crippen MR) is 131 cm³/mol. The average molecular weight is 574 g/mol. The lowest BCUT2D eigenvalue weighted by molar-refractivity contribution is -0.137. The van der Waals surface area contributed by atoms with Gasteiger partial charge in [0.25, 0.3) is 0 Å². The average Bonchev–Trinajstić information content (AvgIpc) is 3.28. The number of ether oxygens (including phenoxy) is 2. The monoisotopic (exact) mass is 573 g/mol. The van der Waals surface area contributed by atoms with Crippen LogP contribution in [0.3, 0.4) is 0 Å². The molecule has 1 aliphatic heterocycles. The van der Waals surface area contributed by atoms with Crippen molar-refractivity contribution in [2.24, 2.45) is 0 Å². The van der Waals surface area contributed by atoms with Gasteiger partial charge in [0.15, 0.2) is 0 Å². The molecule has 1 amide bonds. The number of aromatic hydroxyl groups is 1. The van der Waals surface area contributed by atoms with Crippen LogP contribution in [0.25, 0.3) is 0 Å². The summed E-state index contributed by atoms with van der Waals surface area (Å²) >= 11 is 2.90. The molecule has 0 bridgehead atoms. The number of halogens is 2. The Balaban J connectivity index is 0.000000641. The maximum absolute atomic E-state index is 13.4. The van der Waals surface area contributed by atoms with Crippen molar-refractivity contribution in [2.75, 3.05) is 25.5 Å². The van der Waals surface area contributed by atoms with E-state index in [0.717, 1.165) is 12.1 Å². The summed E-state index contributed by atoms with van der Waals surface area (Å²) in [6, 6.07) is 8.84. The van der Waals surface area contributed by atoms with Gasteiger partial charge in [-0.3, -0.25) is 4.79 Å². The Bertz CT molecular complexity index is 1160. The fourth-order valence-corrected chi connectivity index (χ4v) is 4.91. The normalized spacial score (nSPS) is 15.7. The van der Waals surface area contributed by atoms with Crippen molar-refractivity contribution < 1.29 is 37.0 Å². The van der Waals surface area contributed by atoms with Gasteiger partial charge in [-0.15, -0.1) is 0 Å². The molecule has 1 unspecified atom stereocenters. The Morgan fingerprint density at radius 2 is 1.83 bits per heavy atom. The quantitative estimate of drug-likeness (QED) is 0.419. The van der Waals surface area contributed by atoms with Crippen LogP contribution in [0.2, 0.25) is 0 Å². The van der Waals surface area contributed by atoms with E-state index in [4.69, 9.17) is 4.74 Å². The van der Waals surface area contributed by atoms with Crippen molar-refractivity contribution in [1.29, 1.82) is 0 Å². The van der Waals surface area contributed by atoms with E-state index in [1.54, 1.807) is 31.7 Å². The van der Waals surface area contributed by atoms with Gasteiger partial charge in [0, 0.05) is 19.0 Å². The van der Waals surface area contributed by atoms with Gasteiger partial charge < -0.3 is 19.5 Å². The highest BCUT2D eigenvalue weighted by atomic mass is 79.9. The van der Waals surface area contributed by atoms with Crippen LogP contribution >= 0.6 is 15.9 Å². The fourth-order valence-electron chi connectivity index (χ4n) is 3.37. The van der Waals surface area contributed by atoms with Crippen LogP contribution in [-0.2, 0) is 24.1 Å². The van der Waals surface area contributed by atoms with Crippen molar-refractivity contribution >= 4 is 37.8 Å². The van der Waals surface area contributed by atoms with Gasteiger partial charge in [0.05, 0.1) is 16.9 Å². The lowest BCUT2D eigenvalue weighted by Crippen LogP contribution is -2.35. The minimum absolute atomic E-state index is 0.119. The van der Waals surface area contributed by atoms with Gasteiger partial charge in [0.1, 0.15) is 22.5 Å². The summed E-state index contributed by atoms with van der Waals surface area (Å²) < 4.78 is 48.4. The number of phenolic OH excluding ortho intramolecular Hbond substituents is 1. The largest absolute Gasteiger partial charge is 0.508 e. The number of amides is 1. The summed E-state index contributed by atoms with van der Waals surface area (Å²) in [5, 5.41) is 10.7. The summed E-state index contributed by atoms with van der Waals surface area (Å²) in [4.78, 5) is 23.4. The number of rotatable bonds is 4. The van der Waals surface area contributed by atoms with Crippen molar-refractivity contribution in [1.82, 2.24) is 4.90 Å². The van der Waals surface area contributed by atoms with Crippen LogP contribution in [0.15, 0.2) is 52.3 Å². The Hall–Kier alpha value is -2.66. The summed E-state index contributed by atoms with van der Waals surface area (Å²) in [5.41, 5.74) is -0.0289. The van der Waals surface area contributed by atoms with Gasteiger partial charge in [-0.2, -0.15) is 0 Å². The number of benzene rings is 2. The van der Waals surface area contributed by atoms with E-state index in [0.29, 0.717) is 25.1 Å². The van der Waals surface area contributed by atoms with E-state index in [1.807, 2.05) is 0 Å². The molecular formula is C24H29BrFNO7S. The van der Waals surface area contributed by atoms with Crippen LogP contribution in [0.1, 0.15) is 38.7 Å². The van der Waals surface area contributed by atoms with E-state index in [-0.39, 0.29) is 32.8 Å². The number of sulfone groups is 1. The molecule has 192 valence electrons. The lowest BCUT2D eigenvalue weighted by atomic mass is 9.97. The van der Waals surface area contributed by atoms with E-state index >= 15 is 0 Å². The van der Waals surface area contributed by atoms with Gasteiger partial charge >= 0.3 is 12.1 Å². The van der Waals surface area contributed by atoms with Gasteiger partial charge in [0.2, 0.25) is 9.84 Å². The summed E-state index contributed by atoms with van der Waals surface area (Å²) in [7, 11) is -2.60. The minimum Gasteiger partial charge on any atom is -0.508 e. The fraction of sp³-hybridized carbons (Fsp3) is 0.417. The van der Waals surface area contributed by atoms with Gasteiger partial charge in [-0.1, -0.05) is 28.1 Å². The number of esters is 1. The van der Waals surface area contributed by atoms with Crippen LogP contribution < -0.4 is 0 Å². The highest BCUT2D eigenvalue weighted by Crippen LogP contribution is 2.36. The molecule has 1 saturated heterocycles. The minimum atomic E-state index is -3.95. The molecule has 1 aliphatic rings. The number of likely N-dealkylation sites (tertiary alicyclic amines) is 1. The van der Waals surface area contributed by atoms with E-state index in [1.165, 1.54) is 31.4 Å². The molecule has 11 heteroatoms. The van der Waals surface area contributed by atoms with Crippen LogP contribution in [0.4, 0.5) is 9.18 Å². The first kappa shape index (κ1) is 28.6. The van der Waals surface area contributed by atoms with Gasteiger partial charge in [-0.05, 0) is 63.1 Å². The van der Waals surface area contributed by atoms with Crippen molar-refractivity contribution in [3.8, 4) is 5.75 Å². The van der Waals surface area contributed by atoms with Crippen molar-refractivity contribution in [3.63, 3.8) is 0 Å². The molecule has 0 spiro atoms. The molecule has 35 heavy (non-hydrogen) atoms. The second kappa shape index (κ2) is 11.9. The van der Waals surface area contributed by atoms with Crippen molar-refractivity contribution in [3.05, 3.63) is 53.8 Å². The maximum atomic E-state index is 13.4. The second-order valence-corrected chi connectivity index (χ2v) is 11.3. The zero-order valence-electron chi connectivity index (χ0n) is 20.0. The Labute approximate surface area is 213 Å². The molecule has 0 radical (unpaired) electrons. The molecule has 1 fully saturated rings. The first-order valence-corrected chi connectivity index (χ1v) is 13.3. The lowest BCUT2D eigenvalue weighted by Gasteiger charge is -2.24. The topological polar surface area (TPSA) is 110 Å². The van der Waals surface area contributed by atoms with Gasteiger partial charge in [-0.25, -0.2) is 17.6 Å². The van der Waals surface area contributed by atoms with Crippen LogP contribution in [0.5, 0.6) is 5.75 Å². The number of carbonyl (C=O) groups is 2. The molecule has 3 rings (SSSR count). The third-order valence-corrected chi connectivity index (χ3v) is 7.24. The molecule has 2 aromatic rings. The number of alkyl halides is 1. The number of methoxy groups -OCH3 is 1. The molecule has 0 aromatic heterocycles. The number of phenols is 1. The zero-order chi connectivity index (χ0) is 26.4. The smallest absolute Gasteiger partial charge is 0.410 e. The summed E-state index contributed by atoms with van der Waals surface area (Å²) in [6.45, 7) is 6.24. The Kier molecular flexibility index (Phi) is 9.68. The highest BCUT2D eigenvalue weighted by Gasteiger charge is 2.32. The molecule has 1 atom stereocenters. The number of nitrogens with zero attached hydrogens (tertiary/aromatic N) is 1. The first-order valence-electron chi connectivity index (χ1n) is 10.7. The second-order valence-electron chi connectivity index (χ2n) is 8.80. The van der Waals surface area contributed by atoms with Crippen LogP contribution in [0, 0.1) is 5.82 Å². The SMILES string of the molecule is CC(C)(C)OC(=O)N1CCC(c2ccc(S(=O)(=O)c3cccc(F)c3)cc2O)C1.COC(=O)CBr. The standard InChI is InChI=1S/C21H24FNO5S.C3H5BrO2/c1-21(2,3)28-20(25)23-10-9-14(13-23)18-8-7-17(12-19(18)24)29(26,27)16-6-4-5-15(22)11-16;1-6-3(5)2-4/h4-8,11-12,14,24H,9-10,13H2,1-3H3;2H2,1H3. The molecular weight excluding hydrogens is 545 g/mol. The maximum Gasteiger partial charge on any atom is 0.410 e. The van der Waals surface area contributed by atoms with E-state index < -0.39 is 27.3 Å². The highest BCUT2D eigenvalue weighted by molar-refractivity contribution is 9.09. The summed E-state index contributed by atoms with van der Waals surface area (Å²) in [6.07, 6.45) is 0.216. The Morgan fingerprint density at radius 3 is 2.34 bits per heavy atom. The Morgan fingerprint density at radius 1 is 1.17 bits per heavy atom. The third-order valence-electron chi connectivity index (χ3n) is 5.04. The van der Waals surface area contributed by atoms with Crippen molar-refractivity contribution in [2.45, 2.75) is 48.5 Å². The van der Waals surface area contributed by atoms with E-state index in [9.17, 15) is 27.5 Å². The van der Waals surface area contributed by atoms with Crippen LogP contribution in [-0.4, -0.2) is 61.6 Å². The molecule has 8 nitrogen and oxygen atoms in total. The third kappa shape index (κ3) is 7.93. The molecule has 0 aliphatic carbocycles. The predicted octanol–water partition coefficient (Wildman–Crippen LogP) is 4.64. The number of hydrogen-bond donors (Lipinski definition) is 1. The number of hydrogen-bond acceptors (Lipinski definition) is 7. The molecule has 2 aromatic carbocycles. The zero-order valence-corrected chi connectivity index (χ0v) is 22.4. The van der Waals surface area contributed by atoms with E-state index in [2.05, 4.69) is 20.7 Å².